The van der Waals surface area contributed by atoms with Gasteiger partial charge in [-0.3, -0.25) is 9.59 Å². The molecule has 2 N–H and O–H groups in total. The number of pyridine rings is 1. The first-order chi connectivity index (χ1) is 16.8. The third kappa shape index (κ3) is 5.26. The Labute approximate surface area is 209 Å². The molecule has 0 spiro atoms. The molecular formula is C27H25ClN2O4S. The van der Waals surface area contributed by atoms with Crippen LogP contribution >= 0.6 is 11.6 Å². The summed E-state index contributed by atoms with van der Waals surface area (Å²) in [4.78, 5) is 27.5. The molecule has 1 aliphatic heterocycles. The molecule has 35 heavy (non-hydrogen) atoms. The molecule has 1 aromatic heterocycles. The van der Waals surface area contributed by atoms with Crippen LogP contribution in [0.5, 0.6) is 0 Å². The lowest BCUT2D eigenvalue weighted by Crippen LogP contribution is -2.23. The first-order valence-corrected chi connectivity index (χ1v) is 13.6. The third-order valence-electron chi connectivity index (χ3n) is 6.42. The fourth-order valence-electron chi connectivity index (χ4n) is 4.46. The van der Waals surface area contributed by atoms with E-state index in [1.165, 1.54) is 6.07 Å². The van der Waals surface area contributed by atoms with Crippen molar-refractivity contribution >= 4 is 32.9 Å². The van der Waals surface area contributed by atoms with E-state index in [2.05, 4.69) is 10.3 Å². The van der Waals surface area contributed by atoms with Gasteiger partial charge in [-0.25, -0.2) is 8.42 Å². The number of benzene rings is 2. The van der Waals surface area contributed by atoms with Crippen LogP contribution in [0.25, 0.3) is 5.57 Å². The maximum absolute atomic E-state index is 13.0. The van der Waals surface area contributed by atoms with Gasteiger partial charge in [0.15, 0.2) is 9.84 Å². The van der Waals surface area contributed by atoms with E-state index in [4.69, 9.17) is 11.6 Å². The standard InChI is InChI=1S/C27H25ClN2O4S/c28-23-14-19(8-12-25(23)35(33,34)16-17-4-2-1-3-5-17)22(15-20-9-13-26(31)29-20)24-11-10-21(18-6-7-18)27(32)30-24/h1-5,8,10-12,14-15,18,20H,6-7,9,13,16H2,(H,29,31)(H,30,32)/t20-/m1/s1. The molecule has 2 fully saturated rings. The van der Waals surface area contributed by atoms with Gasteiger partial charge in [0.1, 0.15) is 0 Å². The zero-order chi connectivity index (χ0) is 24.6. The summed E-state index contributed by atoms with van der Waals surface area (Å²) in [7, 11) is -3.66. The summed E-state index contributed by atoms with van der Waals surface area (Å²) in [5, 5.41) is 3.03. The number of carbonyl (C=O) groups excluding carboxylic acids is 1. The van der Waals surface area contributed by atoms with E-state index in [-0.39, 0.29) is 33.2 Å². The van der Waals surface area contributed by atoms with E-state index in [1.54, 1.807) is 36.4 Å². The van der Waals surface area contributed by atoms with Crippen LogP contribution in [0.4, 0.5) is 0 Å². The maximum Gasteiger partial charge on any atom is 0.251 e. The van der Waals surface area contributed by atoms with Gasteiger partial charge in [0.25, 0.3) is 5.56 Å². The van der Waals surface area contributed by atoms with Gasteiger partial charge in [0, 0.05) is 29.3 Å². The van der Waals surface area contributed by atoms with Gasteiger partial charge in [-0.2, -0.15) is 0 Å². The summed E-state index contributed by atoms with van der Waals surface area (Å²) < 4.78 is 26.1. The Morgan fingerprint density at radius 2 is 1.77 bits per heavy atom. The third-order valence-corrected chi connectivity index (χ3v) is 8.59. The smallest absolute Gasteiger partial charge is 0.251 e. The molecule has 0 radical (unpaired) electrons. The lowest BCUT2D eigenvalue weighted by Gasteiger charge is -2.14. The number of H-pyrrole nitrogens is 1. The van der Waals surface area contributed by atoms with Gasteiger partial charge in [0.05, 0.1) is 15.7 Å². The van der Waals surface area contributed by atoms with Crippen LogP contribution < -0.4 is 10.9 Å². The van der Waals surface area contributed by atoms with Crippen LogP contribution in [0.3, 0.4) is 0 Å². The summed E-state index contributed by atoms with van der Waals surface area (Å²) in [5.41, 5.74) is 3.27. The second kappa shape index (κ2) is 9.47. The molecular weight excluding hydrogens is 484 g/mol. The normalized spacial score (nSPS) is 18.5. The second-order valence-corrected chi connectivity index (χ2v) is 11.5. The van der Waals surface area contributed by atoms with Gasteiger partial charge in [-0.05, 0) is 54.5 Å². The molecule has 1 saturated heterocycles. The van der Waals surface area contributed by atoms with Crippen LogP contribution in [0.2, 0.25) is 5.02 Å². The largest absolute Gasteiger partial charge is 0.350 e. The Morgan fingerprint density at radius 1 is 1.00 bits per heavy atom. The quantitative estimate of drug-likeness (QED) is 0.488. The van der Waals surface area contributed by atoms with Crippen LogP contribution in [0, 0.1) is 0 Å². The van der Waals surface area contributed by atoms with Crippen LogP contribution in [-0.4, -0.2) is 25.4 Å². The van der Waals surface area contributed by atoms with Gasteiger partial charge >= 0.3 is 0 Å². The van der Waals surface area contributed by atoms with E-state index < -0.39 is 9.84 Å². The van der Waals surface area contributed by atoms with E-state index in [1.807, 2.05) is 24.3 Å². The predicted octanol–water partition coefficient (Wildman–Crippen LogP) is 4.59. The van der Waals surface area contributed by atoms with Crippen molar-refractivity contribution in [2.45, 2.75) is 48.3 Å². The van der Waals surface area contributed by atoms with Crippen molar-refractivity contribution in [2.75, 3.05) is 0 Å². The summed E-state index contributed by atoms with van der Waals surface area (Å²) in [6.07, 6.45) is 5.02. The van der Waals surface area contributed by atoms with E-state index in [0.29, 0.717) is 41.2 Å². The number of nitrogens with one attached hydrogen (secondary N) is 2. The SMILES string of the molecule is O=C1CC[C@H](C=C(c2ccc(S(=O)(=O)Cc3ccccc3)c(Cl)c2)c2ccc(C3CC3)c(=O)[nH]2)N1. The Morgan fingerprint density at radius 3 is 2.40 bits per heavy atom. The molecule has 1 aliphatic carbocycles. The predicted molar refractivity (Wildman–Crippen MR) is 136 cm³/mol. The zero-order valence-corrected chi connectivity index (χ0v) is 20.5. The van der Waals surface area contributed by atoms with Crippen LogP contribution in [0.1, 0.15) is 54.0 Å². The van der Waals surface area contributed by atoms with Crippen molar-refractivity contribution in [1.29, 1.82) is 0 Å². The van der Waals surface area contributed by atoms with Gasteiger partial charge in [-0.15, -0.1) is 0 Å². The molecule has 5 rings (SSSR count). The molecule has 3 aromatic rings. The van der Waals surface area contributed by atoms with Gasteiger partial charge < -0.3 is 10.3 Å². The minimum atomic E-state index is -3.66. The number of aromatic amines is 1. The zero-order valence-electron chi connectivity index (χ0n) is 19.0. The van der Waals surface area contributed by atoms with Crippen molar-refractivity contribution in [3.05, 3.63) is 105 Å². The van der Waals surface area contributed by atoms with Crippen LogP contribution in [-0.2, 0) is 20.4 Å². The highest BCUT2D eigenvalue weighted by atomic mass is 35.5. The topological polar surface area (TPSA) is 96.1 Å². The van der Waals surface area contributed by atoms with Crippen molar-refractivity contribution in [1.82, 2.24) is 10.3 Å². The van der Waals surface area contributed by atoms with Crippen LogP contribution in [0.15, 0.2) is 76.4 Å². The second-order valence-electron chi connectivity index (χ2n) is 9.11. The summed E-state index contributed by atoms with van der Waals surface area (Å²) in [6.45, 7) is 0. The number of amides is 1. The van der Waals surface area contributed by atoms with E-state index in [0.717, 1.165) is 18.4 Å². The Bertz CT molecular complexity index is 1470. The number of rotatable bonds is 7. The highest BCUT2D eigenvalue weighted by molar-refractivity contribution is 7.90. The number of hydrogen-bond donors (Lipinski definition) is 2. The molecule has 0 unspecified atom stereocenters. The molecule has 180 valence electrons. The monoisotopic (exact) mass is 508 g/mol. The highest BCUT2D eigenvalue weighted by Crippen LogP contribution is 2.38. The van der Waals surface area contributed by atoms with E-state index >= 15 is 0 Å². The van der Waals surface area contributed by atoms with Crippen molar-refractivity contribution in [3.63, 3.8) is 0 Å². The molecule has 6 nitrogen and oxygen atoms in total. The molecule has 1 saturated carbocycles. The molecule has 1 atom stereocenters. The maximum atomic E-state index is 13.0. The summed E-state index contributed by atoms with van der Waals surface area (Å²) >= 11 is 6.51. The minimum absolute atomic E-state index is 0.0245. The first kappa shape index (κ1) is 23.6. The number of sulfone groups is 1. The molecule has 1 amide bonds. The van der Waals surface area contributed by atoms with Gasteiger partial charge in [0.2, 0.25) is 5.91 Å². The summed E-state index contributed by atoms with van der Waals surface area (Å²) in [5.74, 6) is 0.140. The lowest BCUT2D eigenvalue weighted by atomic mass is 9.98. The molecule has 2 heterocycles. The molecule has 2 aromatic carbocycles. The van der Waals surface area contributed by atoms with Gasteiger partial charge in [-0.1, -0.05) is 60.1 Å². The fourth-order valence-corrected chi connectivity index (χ4v) is 6.41. The Hall–Kier alpha value is -3.16. The average Bonchev–Trinajstić information content (AvgIpc) is 3.58. The fraction of sp³-hybridized carbons (Fsp3) is 0.259. The number of carbonyl (C=O) groups is 1. The molecule has 8 heteroatoms. The Kier molecular flexibility index (Phi) is 6.38. The minimum Gasteiger partial charge on any atom is -0.350 e. The molecule has 0 bridgehead atoms. The van der Waals surface area contributed by atoms with E-state index in [9.17, 15) is 18.0 Å². The highest BCUT2D eigenvalue weighted by Gasteiger charge is 2.27. The lowest BCUT2D eigenvalue weighted by molar-refractivity contribution is -0.119. The number of aromatic nitrogens is 1. The number of halogens is 1. The summed E-state index contributed by atoms with van der Waals surface area (Å²) in [6, 6.07) is 17.3. The Balaban J connectivity index is 1.52. The molecule has 2 aliphatic rings. The van der Waals surface area contributed by atoms with Crippen molar-refractivity contribution < 1.29 is 13.2 Å². The first-order valence-electron chi connectivity index (χ1n) is 11.6. The average molecular weight is 509 g/mol. The van der Waals surface area contributed by atoms with Crippen molar-refractivity contribution in [3.8, 4) is 0 Å². The van der Waals surface area contributed by atoms with Crippen molar-refractivity contribution in [2.24, 2.45) is 0 Å². The number of hydrogen-bond acceptors (Lipinski definition) is 4.